The summed E-state index contributed by atoms with van der Waals surface area (Å²) in [6.45, 7) is 7.59. The molecule has 0 amide bonds. The Balaban J connectivity index is 2.23. The van der Waals surface area contributed by atoms with Crippen molar-refractivity contribution in [2.24, 2.45) is 5.92 Å². The van der Waals surface area contributed by atoms with Crippen molar-refractivity contribution in [3.05, 3.63) is 0 Å². The Labute approximate surface area is 125 Å². The van der Waals surface area contributed by atoms with Crippen molar-refractivity contribution in [1.29, 1.82) is 5.26 Å². The highest BCUT2D eigenvalue weighted by molar-refractivity contribution is 5.44. The lowest BCUT2D eigenvalue weighted by molar-refractivity contribution is 0.601. The van der Waals surface area contributed by atoms with Crippen molar-refractivity contribution in [2.45, 2.75) is 33.1 Å². The molecule has 0 spiro atoms. The minimum absolute atomic E-state index is 0.243. The molecule has 0 unspecified atom stereocenters. The normalized spacial score (nSPS) is 14.5. The Bertz CT molecular complexity index is 503. The molecule has 2 N–H and O–H groups in total. The van der Waals surface area contributed by atoms with Gasteiger partial charge in [0.15, 0.2) is 0 Å². The molecule has 1 aromatic rings. The van der Waals surface area contributed by atoms with Crippen molar-refractivity contribution in [2.75, 3.05) is 41.7 Å². The van der Waals surface area contributed by atoms with E-state index in [0.29, 0.717) is 30.8 Å². The molecule has 0 bridgehead atoms. The molecule has 2 heterocycles. The Morgan fingerprint density at radius 2 is 2.00 bits per heavy atom. The maximum atomic E-state index is 8.82. The summed E-state index contributed by atoms with van der Waals surface area (Å²) in [7, 11) is 0. The van der Waals surface area contributed by atoms with Crippen LogP contribution >= 0.6 is 0 Å². The molecule has 1 fully saturated rings. The van der Waals surface area contributed by atoms with Crippen LogP contribution in [0, 0.1) is 17.2 Å². The van der Waals surface area contributed by atoms with Crippen LogP contribution in [0.3, 0.4) is 0 Å². The molecular formula is C14H23N7. The minimum atomic E-state index is 0.243. The molecule has 0 aliphatic carbocycles. The Morgan fingerprint density at radius 1 is 1.29 bits per heavy atom. The van der Waals surface area contributed by atoms with Crippen molar-refractivity contribution in [1.82, 2.24) is 15.0 Å². The van der Waals surface area contributed by atoms with E-state index in [1.165, 1.54) is 0 Å². The van der Waals surface area contributed by atoms with Gasteiger partial charge >= 0.3 is 0 Å². The summed E-state index contributed by atoms with van der Waals surface area (Å²) in [5, 5.41) is 8.82. The van der Waals surface area contributed by atoms with E-state index < -0.39 is 0 Å². The van der Waals surface area contributed by atoms with Gasteiger partial charge in [-0.05, 0) is 18.8 Å². The molecule has 2 rings (SSSR count). The van der Waals surface area contributed by atoms with Gasteiger partial charge in [0.1, 0.15) is 0 Å². The Morgan fingerprint density at radius 3 is 2.62 bits per heavy atom. The quantitative estimate of drug-likeness (QED) is 0.846. The third-order valence-electron chi connectivity index (χ3n) is 3.38. The fourth-order valence-corrected chi connectivity index (χ4v) is 2.47. The second-order valence-electron chi connectivity index (χ2n) is 5.74. The van der Waals surface area contributed by atoms with Gasteiger partial charge in [-0.1, -0.05) is 13.8 Å². The van der Waals surface area contributed by atoms with E-state index in [-0.39, 0.29) is 5.95 Å². The zero-order chi connectivity index (χ0) is 15.2. The number of nitrogens with two attached hydrogens (primary N) is 1. The first-order valence-corrected chi connectivity index (χ1v) is 7.48. The molecule has 114 valence electrons. The molecule has 7 heteroatoms. The SMILES string of the molecule is CC(C)CN(CCC#N)c1nc(N)nc(N2CCCC2)n1. The second-order valence-corrected chi connectivity index (χ2v) is 5.74. The number of nitriles is 1. The lowest BCUT2D eigenvalue weighted by Crippen LogP contribution is -2.32. The van der Waals surface area contributed by atoms with Gasteiger partial charge in [-0.2, -0.15) is 20.2 Å². The molecule has 7 nitrogen and oxygen atoms in total. The zero-order valence-electron chi connectivity index (χ0n) is 12.8. The largest absolute Gasteiger partial charge is 0.368 e. The van der Waals surface area contributed by atoms with Crippen LogP contribution < -0.4 is 15.5 Å². The molecule has 0 saturated carbocycles. The molecule has 21 heavy (non-hydrogen) atoms. The van der Waals surface area contributed by atoms with E-state index in [0.717, 1.165) is 32.5 Å². The van der Waals surface area contributed by atoms with Gasteiger partial charge in [-0.25, -0.2) is 0 Å². The van der Waals surface area contributed by atoms with Crippen LogP contribution in [0.15, 0.2) is 0 Å². The Kier molecular flexibility index (Phi) is 5.14. The topological polar surface area (TPSA) is 95.0 Å². The predicted molar refractivity (Wildman–Crippen MR) is 83.0 cm³/mol. The monoisotopic (exact) mass is 289 g/mol. The number of nitrogen functional groups attached to an aromatic ring is 1. The smallest absolute Gasteiger partial charge is 0.231 e. The third kappa shape index (κ3) is 4.18. The highest BCUT2D eigenvalue weighted by atomic mass is 15.4. The first-order valence-electron chi connectivity index (χ1n) is 7.48. The summed E-state index contributed by atoms with van der Waals surface area (Å²) >= 11 is 0. The van der Waals surface area contributed by atoms with Crippen molar-refractivity contribution in [3.63, 3.8) is 0 Å². The number of rotatable bonds is 6. The average Bonchev–Trinajstić information content (AvgIpc) is 2.96. The van der Waals surface area contributed by atoms with Crippen molar-refractivity contribution >= 4 is 17.8 Å². The standard InChI is InChI=1S/C14H23N7/c1-11(2)10-21(9-5-6-15)14-18-12(16)17-13(19-14)20-7-3-4-8-20/h11H,3-5,7-10H2,1-2H3,(H2,16,17,18,19). The summed E-state index contributed by atoms with van der Waals surface area (Å²) in [5.41, 5.74) is 5.84. The highest BCUT2D eigenvalue weighted by Gasteiger charge is 2.19. The van der Waals surface area contributed by atoms with Crippen LogP contribution in [0.1, 0.15) is 33.1 Å². The number of nitrogens with zero attached hydrogens (tertiary/aromatic N) is 6. The number of hydrogen-bond donors (Lipinski definition) is 1. The molecular weight excluding hydrogens is 266 g/mol. The van der Waals surface area contributed by atoms with E-state index >= 15 is 0 Å². The zero-order valence-corrected chi connectivity index (χ0v) is 12.8. The lowest BCUT2D eigenvalue weighted by atomic mass is 10.2. The Hall–Kier alpha value is -2.10. The van der Waals surface area contributed by atoms with Crippen LogP contribution in [0.4, 0.5) is 17.8 Å². The summed E-state index contributed by atoms with van der Waals surface area (Å²) < 4.78 is 0. The number of anilines is 3. The summed E-state index contributed by atoms with van der Waals surface area (Å²) in [4.78, 5) is 17.2. The van der Waals surface area contributed by atoms with Crippen LogP contribution in [0.2, 0.25) is 0 Å². The van der Waals surface area contributed by atoms with E-state index in [1.807, 2.05) is 4.90 Å². The second kappa shape index (κ2) is 7.07. The highest BCUT2D eigenvalue weighted by Crippen LogP contribution is 2.20. The summed E-state index contributed by atoms with van der Waals surface area (Å²) in [6.07, 6.45) is 2.76. The van der Waals surface area contributed by atoms with Gasteiger partial charge in [0.2, 0.25) is 17.8 Å². The third-order valence-corrected chi connectivity index (χ3v) is 3.38. The summed E-state index contributed by atoms with van der Waals surface area (Å²) in [5.74, 6) is 1.93. The molecule has 0 aromatic carbocycles. The molecule has 1 aromatic heterocycles. The van der Waals surface area contributed by atoms with E-state index in [4.69, 9.17) is 11.0 Å². The van der Waals surface area contributed by atoms with Crippen LogP contribution in [0.5, 0.6) is 0 Å². The van der Waals surface area contributed by atoms with Crippen LogP contribution in [-0.2, 0) is 0 Å². The first kappa shape index (κ1) is 15.3. The predicted octanol–water partition coefficient (Wildman–Crippen LogP) is 1.43. The average molecular weight is 289 g/mol. The minimum Gasteiger partial charge on any atom is -0.368 e. The molecule has 1 aliphatic heterocycles. The van der Waals surface area contributed by atoms with Crippen molar-refractivity contribution in [3.8, 4) is 6.07 Å². The molecule has 1 saturated heterocycles. The first-order chi connectivity index (χ1) is 10.1. The van der Waals surface area contributed by atoms with Crippen LogP contribution in [-0.4, -0.2) is 41.1 Å². The number of aromatic nitrogens is 3. The van der Waals surface area contributed by atoms with Gasteiger partial charge in [-0.3, -0.25) is 0 Å². The van der Waals surface area contributed by atoms with E-state index in [2.05, 4.69) is 39.8 Å². The molecule has 0 atom stereocenters. The lowest BCUT2D eigenvalue weighted by Gasteiger charge is -2.25. The van der Waals surface area contributed by atoms with Gasteiger partial charge in [-0.15, -0.1) is 0 Å². The maximum Gasteiger partial charge on any atom is 0.231 e. The van der Waals surface area contributed by atoms with E-state index in [9.17, 15) is 0 Å². The number of hydrogen-bond acceptors (Lipinski definition) is 7. The maximum absolute atomic E-state index is 8.82. The van der Waals surface area contributed by atoms with Crippen LogP contribution in [0.25, 0.3) is 0 Å². The van der Waals surface area contributed by atoms with Gasteiger partial charge in [0.25, 0.3) is 0 Å². The molecule has 0 radical (unpaired) electrons. The summed E-state index contributed by atoms with van der Waals surface area (Å²) in [6, 6.07) is 2.17. The fraction of sp³-hybridized carbons (Fsp3) is 0.714. The fourth-order valence-electron chi connectivity index (χ4n) is 2.47. The van der Waals surface area contributed by atoms with Gasteiger partial charge in [0, 0.05) is 26.2 Å². The van der Waals surface area contributed by atoms with E-state index in [1.54, 1.807) is 0 Å². The molecule has 1 aliphatic rings. The van der Waals surface area contributed by atoms with Crippen molar-refractivity contribution < 1.29 is 0 Å². The van der Waals surface area contributed by atoms with Gasteiger partial charge < -0.3 is 15.5 Å². The van der Waals surface area contributed by atoms with Gasteiger partial charge in [0.05, 0.1) is 12.5 Å².